The van der Waals surface area contributed by atoms with Crippen molar-refractivity contribution in [1.82, 2.24) is 10.3 Å². The summed E-state index contributed by atoms with van der Waals surface area (Å²) in [5.41, 5.74) is 1.35. The zero-order valence-corrected chi connectivity index (χ0v) is 16.4. The molecule has 0 aliphatic heterocycles. The molecule has 3 aromatic rings. The average molecular weight is 411 g/mol. The Hall–Kier alpha value is -2.66. The fourth-order valence-electron chi connectivity index (χ4n) is 4.62. The first-order valence-corrected chi connectivity index (χ1v) is 10.2. The molecule has 0 spiro atoms. The molecule has 1 aromatic heterocycles. The van der Waals surface area contributed by atoms with Gasteiger partial charge in [-0.3, -0.25) is 9.78 Å². The molecule has 2 aliphatic rings. The summed E-state index contributed by atoms with van der Waals surface area (Å²) in [6, 6.07) is 13.3. The Morgan fingerprint density at radius 1 is 1.14 bits per heavy atom. The Bertz CT molecular complexity index is 1060. The molecule has 0 bridgehead atoms. The van der Waals surface area contributed by atoms with Crippen LogP contribution in [0.3, 0.4) is 0 Å². The van der Waals surface area contributed by atoms with Crippen LogP contribution in [0.25, 0.3) is 10.9 Å². The van der Waals surface area contributed by atoms with Gasteiger partial charge < -0.3 is 10.1 Å². The van der Waals surface area contributed by atoms with E-state index in [9.17, 15) is 9.18 Å². The second kappa shape index (κ2) is 7.30. The average Bonchev–Trinajstić information content (AvgIpc) is 3.17. The molecule has 2 unspecified atom stereocenters. The zero-order chi connectivity index (χ0) is 20.0. The minimum absolute atomic E-state index is 0.0651. The van der Waals surface area contributed by atoms with Gasteiger partial charge in [-0.05, 0) is 79.1 Å². The van der Waals surface area contributed by atoms with Gasteiger partial charge in [-0.1, -0.05) is 11.6 Å². The third-order valence-corrected chi connectivity index (χ3v) is 6.39. The van der Waals surface area contributed by atoms with Gasteiger partial charge in [-0.15, -0.1) is 0 Å². The van der Waals surface area contributed by atoms with E-state index >= 15 is 0 Å². The molecule has 0 radical (unpaired) electrons. The number of aromatic nitrogens is 1. The molecule has 2 aromatic carbocycles. The number of fused-ring (bicyclic) bond motifs is 2. The lowest BCUT2D eigenvalue weighted by Crippen LogP contribution is -2.27. The van der Waals surface area contributed by atoms with Crippen molar-refractivity contribution in [3.8, 4) is 5.75 Å². The lowest BCUT2D eigenvalue weighted by molar-refractivity contribution is 0.0949. The summed E-state index contributed by atoms with van der Waals surface area (Å²) in [5.74, 6) is 2.00. The SMILES string of the molecule is O=C(NCC1[C@H]2CC(Oc3ccnc4ccc(F)cc34)C[C@@H]12)c1ccc(Cl)cc1. The largest absolute Gasteiger partial charge is 0.490 e. The molecular formula is C23H20ClFN2O2. The molecule has 0 saturated heterocycles. The highest BCUT2D eigenvalue weighted by atomic mass is 35.5. The second-order valence-corrected chi connectivity index (χ2v) is 8.33. The molecule has 4 atom stereocenters. The molecule has 29 heavy (non-hydrogen) atoms. The second-order valence-electron chi connectivity index (χ2n) is 7.89. The normalized spacial score (nSPS) is 24.9. The Morgan fingerprint density at radius 3 is 2.66 bits per heavy atom. The first kappa shape index (κ1) is 18.4. The summed E-state index contributed by atoms with van der Waals surface area (Å²) >= 11 is 5.86. The lowest BCUT2D eigenvalue weighted by atomic mass is 10.1. The number of halogens is 2. The molecule has 1 N–H and O–H groups in total. The Balaban J connectivity index is 1.15. The van der Waals surface area contributed by atoms with Crippen LogP contribution in [0.15, 0.2) is 54.7 Å². The summed E-state index contributed by atoms with van der Waals surface area (Å²) in [7, 11) is 0. The highest BCUT2D eigenvalue weighted by molar-refractivity contribution is 6.30. The molecule has 2 saturated carbocycles. The third-order valence-electron chi connectivity index (χ3n) is 6.14. The monoisotopic (exact) mass is 410 g/mol. The fourth-order valence-corrected chi connectivity index (χ4v) is 4.74. The van der Waals surface area contributed by atoms with Crippen molar-refractivity contribution < 1.29 is 13.9 Å². The molecule has 148 valence electrons. The van der Waals surface area contributed by atoms with Gasteiger partial charge in [-0.2, -0.15) is 0 Å². The van der Waals surface area contributed by atoms with Crippen LogP contribution in [0, 0.1) is 23.6 Å². The quantitative estimate of drug-likeness (QED) is 0.653. The molecule has 6 heteroatoms. The van der Waals surface area contributed by atoms with Gasteiger partial charge in [0.1, 0.15) is 11.6 Å². The molecule has 5 rings (SSSR count). The van der Waals surface area contributed by atoms with Crippen molar-refractivity contribution in [1.29, 1.82) is 0 Å². The smallest absolute Gasteiger partial charge is 0.251 e. The van der Waals surface area contributed by atoms with Crippen molar-refractivity contribution >= 4 is 28.4 Å². The predicted octanol–water partition coefficient (Wildman–Crippen LogP) is 4.86. The van der Waals surface area contributed by atoms with Crippen molar-refractivity contribution in [3.05, 3.63) is 71.1 Å². The molecule has 1 heterocycles. The van der Waals surface area contributed by atoms with E-state index in [1.165, 1.54) is 12.1 Å². The van der Waals surface area contributed by atoms with Crippen LogP contribution in [0.5, 0.6) is 5.75 Å². The van der Waals surface area contributed by atoms with Crippen LogP contribution in [0.2, 0.25) is 5.02 Å². The first-order valence-electron chi connectivity index (χ1n) is 9.83. The number of rotatable bonds is 5. The van der Waals surface area contributed by atoms with E-state index < -0.39 is 0 Å². The van der Waals surface area contributed by atoms with Gasteiger partial charge in [-0.25, -0.2) is 4.39 Å². The fraction of sp³-hybridized carbons (Fsp3) is 0.304. The van der Waals surface area contributed by atoms with E-state index in [1.807, 2.05) is 0 Å². The number of nitrogens with zero attached hydrogens (tertiary/aromatic N) is 1. The minimum Gasteiger partial charge on any atom is -0.490 e. The number of benzene rings is 2. The predicted molar refractivity (Wildman–Crippen MR) is 110 cm³/mol. The highest BCUT2D eigenvalue weighted by Crippen LogP contribution is 2.57. The van der Waals surface area contributed by atoms with Crippen LogP contribution in [0.1, 0.15) is 23.2 Å². The Morgan fingerprint density at radius 2 is 1.90 bits per heavy atom. The standard InChI is InChI=1S/C23H20ClFN2O2/c24-14-3-1-13(2-4-14)23(28)27-12-20-17-10-16(11-18(17)20)29-22-7-8-26-21-6-5-15(25)9-19(21)22/h1-9,16-18,20H,10-12H2,(H,27,28)/t16?,17-,18+,20?. The maximum absolute atomic E-state index is 13.6. The number of ether oxygens (including phenoxy) is 1. The van der Waals surface area contributed by atoms with Gasteiger partial charge in [0.2, 0.25) is 0 Å². The maximum Gasteiger partial charge on any atom is 0.251 e. The van der Waals surface area contributed by atoms with Crippen molar-refractivity contribution in [2.24, 2.45) is 17.8 Å². The first-order chi connectivity index (χ1) is 14.1. The zero-order valence-electron chi connectivity index (χ0n) is 15.6. The number of amides is 1. The topological polar surface area (TPSA) is 51.2 Å². The lowest BCUT2D eigenvalue weighted by Gasteiger charge is -2.18. The van der Waals surface area contributed by atoms with E-state index in [1.54, 1.807) is 42.6 Å². The van der Waals surface area contributed by atoms with Crippen molar-refractivity contribution in [3.63, 3.8) is 0 Å². The van der Waals surface area contributed by atoms with Gasteiger partial charge in [0.05, 0.1) is 11.6 Å². The molecule has 1 amide bonds. The summed E-state index contributed by atoms with van der Waals surface area (Å²) in [4.78, 5) is 16.5. The maximum atomic E-state index is 13.6. The van der Waals surface area contributed by atoms with Gasteiger partial charge >= 0.3 is 0 Å². The highest BCUT2D eigenvalue weighted by Gasteiger charge is 2.56. The van der Waals surface area contributed by atoms with E-state index in [0.717, 1.165) is 18.4 Å². The number of carbonyl (C=O) groups is 1. The summed E-state index contributed by atoms with van der Waals surface area (Å²) in [6.45, 7) is 0.687. The van der Waals surface area contributed by atoms with Crippen molar-refractivity contribution in [2.45, 2.75) is 18.9 Å². The van der Waals surface area contributed by atoms with Crippen LogP contribution >= 0.6 is 11.6 Å². The van der Waals surface area contributed by atoms with Crippen LogP contribution in [-0.2, 0) is 0 Å². The van der Waals surface area contributed by atoms with Crippen LogP contribution < -0.4 is 10.1 Å². The Kier molecular flexibility index (Phi) is 4.63. The van der Waals surface area contributed by atoms with Crippen LogP contribution in [-0.4, -0.2) is 23.5 Å². The number of pyridine rings is 1. The van der Waals surface area contributed by atoms with Gasteiger partial charge in [0.15, 0.2) is 0 Å². The summed E-state index contributed by atoms with van der Waals surface area (Å²) in [6.07, 6.45) is 3.75. The van der Waals surface area contributed by atoms with Gasteiger partial charge in [0, 0.05) is 28.7 Å². The molecule has 2 fully saturated rings. The van der Waals surface area contributed by atoms with E-state index in [0.29, 0.717) is 46.0 Å². The number of hydrogen-bond acceptors (Lipinski definition) is 3. The molecule has 4 nitrogen and oxygen atoms in total. The number of hydrogen-bond donors (Lipinski definition) is 1. The number of nitrogens with one attached hydrogen (secondary N) is 1. The molecular weight excluding hydrogens is 391 g/mol. The van der Waals surface area contributed by atoms with E-state index in [4.69, 9.17) is 16.3 Å². The Labute approximate surface area is 173 Å². The third kappa shape index (κ3) is 3.67. The summed E-state index contributed by atoms with van der Waals surface area (Å²) in [5, 5.41) is 4.36. The van der Waals surface area contributed by atoms with E-state index in [2.05, 4.69) is 10.3 Å². The van der Waals surface area contributed by atoms with Gasteiger partial charge in [0.25, 0.3) is 5.91 Å². The van der Waals surface area contributed by atoms with Crippen molar-refractivity contribution in [2.75, 3.05) is 6.54 Å². The van der Waals surface area contributed by atoms with E-state index in [-0.39, 0.29) is 17.8 Å². The molecule has 2 aliphatic carbocycles. The number of carbonyl (C=O) groups excluding carboxylic acids is 1. The summed E-state index contributed by atoms with van der Waals surface area (Å²) < 4.78 is 19.8. The van der Waals surface area contributed by atoms with Crippen LogP contribution in [0.4, 0.5) is 4.39 Å². The minimum atomic E-state index is -0.291.